The third-order valence-corrected chi connectivity index (χ3v) is 3.33. The van der Waals surface area contributed by atoms with Gasteiger partial charge in [-0.1, -0.05) is 12.1 Å². The molecule has 0 bridgehead atoms. The van der Waals surface area contributed by atoms with Crippen molar-refractivity contribution < 1.29 is 18.3 Å². The molecule has 1 N–H and O–H groups in total. The average molecular weight is 291 g/mol. The molecule has 0 fully saturated rings. The molecule has 0 atom stereocenters. The van der Waals surface area contributed by atoms with E-state index in [0.29, 0.717) is 6.54 Å². The second-order valence-electron chi connectivity index (χ2n) is 4.80. The Labute approximate surface area is 121 Å². The summed E-state index contributed by atoms with van der Waals surface area (Å²) in [6.45, 7) is -1.43. The molecule has 0 unspecified atom stereocenters. The molecule has 0 radical (unpaired) electrons. The van der Waals surface area contributed by atoms with Gasteiger partial charge in [-0.2, -0.15) is 8.78 Å². The molecule has 0 amide bonds. The van der Waals surface area contributed by atoms with Gasteiger partial charge >= 0.3 is 6.61 Å². The van der Waals surface area contributed by atoms with Crippen molar-refractivity contribution in [2.24, 2.45) is 0 Å². The van der Waals surface area contributed by atoms with E-state index in [-0.39, 0.29) is 5.75 Å². The van der Waals surface area contributed by atoms with E-state index in [9.17, 15) is 8.78 Å². The lowest BCUT2D eigenvalue weighted by Gasteiger charge is -2.09. The van der Waals surface area contributed by atoms with E-state index < -0.39 is 6.61 Å². The van der Waals surface area contributed by atoms with Crippen LogP contribution in [0.2, 0.25) is 0 Å². The topological polar surface area (TPSA) is 30.5 Å². The zero-order valence-electron chi connectivity index (χ0n) is 11.3. The van der Waals surface area contributed by atoms with Crippen molar-refractivity contribution in [1.82, 2.24) is 0 Å². The van der Waals surface area contributed by atoms with Crippen LogP contribution in [0.4, 0.5) is 14.5 Å². The predicted octanol–water partition coefficient (Wildman–Crippen LogP) is 3.84. The summed E-state index contributed by atoms with van der Waals surface area (Å²) in [7, 11) is 0. The quantitative estimate of drug-likeness (QED) is 0.908. The SMILES string of the molecule is FC(F)Oc1ccc(CNc2ccc3c(c2)CCO3)cc1. The molecule has 1 heterocycles. The Bertz CT molecular complexity index is 614. The highest BCUT2D eigenvalue weighted by Gasteiger charge is 2.11. The third-order valence-electron chi connectivity index (χ3n) is 3.33. The summed E-state index contributed by atoms with van der Waals surface area (Å²) < 4.78 is 33.9. The van der Waals surface area contributed by atoms with Crippen LogP contribution in [0.5, 0.6) is 11.5 Å². The van der Waals surface area contributed by atoms with Gasteiger partial charge in [0.25, 0.3) is 0 Å². The highest BCUT2D eigenvalue weighted by Crippen LogP contribution is 2.28. The van der Waals surface area contributed by atoms with Crippen LogP contribution >= 0.6 is 0 Å². The van der Waals surface area contributed by atoms with Crippen LogP contribution in [0.15, 0.2) is 42.5 Å². The monoisotopic (exact) mass is 291 g/mol. The number of nitrogens with one attached hydrogen (secondary N) is 1. The van der Waals surface area contributed by atoms with Gasteiger partial charge in [0.2, 0.25) is 0 Å². The fraction of sp³-hybridized carbons (Fsp3) is 0.250. The molecule has 5 heteroatoms. The minimum absolute atomic E-state index is 0.170. The number of hydrogen-bond acceptors (Lipinski definition) is 3. The molecule has 1 aliphatic rings. The normalized spacial score (nSPS) is 12.9. The van der Waals surface area contributed by atoms with Gasteiger partial charge < -0.3 is 14.8 Å². The second-order valence-corrected chi connectivity index (χ2v) is 4.80. The van der Waals surface area contributed by atoms with Crippen LogP contribution in [0, 0.1) is 0 Å². The Kier molecular flexibility index (Phi) is 3.90. The van der Waals surface area contributed by atoms with Gasteiger partial charge in [-0.25, -0.2) is 0 Å². The number of anilines is 1. The Balaban J connectivity index is 1.59. The van der Waals surface area contributed by atoms with Crippen LogP contribution in [-0.2, 0) is 13.0 Å². The average Bonchev–Trinajstić information content (AvgIpc) is 2.93. The summed E-state index contributed by atoms with van der Waals surface area (Å²) in [5.74, 6) is 1.12. The van der Waals surface area contributed by atoms with Crippen molar-refractivity contribution in [3.05, 3.63) is 53.6 Å². The molecular formula is C16H15F2NO2. The highest BCUT2D eigenvalue weighted by molar-refractivity contribution is 5.52. The minimum atomic E-state index is -2.79. The second kappa shape index (κ2) is 5.99. The maximum atomic E-state index is 12.1. The molecule has 3 rings (SSSR count). The summed E-state index contributed by atoms with van der Waals surface area (Å²) in [4.78, 5) is 0. The molecule has 21 heavy (non-hydrogen) atoms. The van der Waals surface area contributed by atoms with Gasteiger partial charge in [0.1, 0.15) is 11.5 Å². The van der Waals surface area contributed by atoms with Gasteiger partial charge in [0, 0.05) is 18.7 Å². The summed E-state index contributed by atoms with van der Waals surface area (Å²) in [5, 5.41) is 3.31. The largest absolute Gasteiger partial charge is 0.493 e. The molecule has 1 aliphatic heterocycles. The highest BCUT2D eigenvalue weighted by atomic mass is 19.3. The molecule has 3 nitrogen and oxygen atoms in total. The van der Waals surface area contributed by atoms with Gasteiger partial charge in [-0.15, -0.1) is 0 Å². The van der Waals surface area contributed by atoms with E-state index in [4.69, 9.17) is 4.74 Å². The van der Waals surface area contributed by atoms with Crippen LogP contribution in [0.3, 0.4) is 0 Å². The Hall–Kier alpha value is -2.30. The smallest absolute Gasteiger partial charge is 0.387 e. The van der Waals surface area contributed by atoms with E-state index in [1.165, 1.54) is 5.56 Å². The number of hydrogen-bond donors (Lipinski definition) is 1. The van der Waals surface area contributed by atoms with Crippen molar-refractivity contribution in [3.8, 4) is 11.5 Å². The lowest BCUT2D eigenvalue weighted by molar-refractivity contribution is -0.0498. The number of benzene rings is 2. The lowest BCUT2D eigenvalue weighted by atomic mass is 10.1. The Morgan fingerprint density at radius 1 is 1.14 bits per heavy atom. The molecule has 0 aromatic heterocycles. The first-order valence-electron chi connectivity index (χ1n) is 6.74. The van der Waals surface area contributed by atoms with Crippen LogP contribution in [0.1, 0.15) is 11.1 Å². The Morgan fingerprint density at radius 3 is 2.71 bits per heavy atom. The fourth-order valence-corrected chi connectivity index (χ4v) is 2.29. The predicted molar refractivity (Wildman–Crippen MR) is 76.0 cm³/mol. The molecule has 0 aliphatic carbocycles. The molecule has 0 saturated heterocycles. The number of rotatable bonds is 5. The van der Waals surface area contributed by atoms with Crippen LogP contribution in [0.25, 0.3) is 0 Å². The lowest BCUT2D eigenvalue weighted by Crippen LogP contribution is -2.03. The van der Waals surface area contributed by atoms with E-state index in [2.05, 4.69) is 16.1 Å². The van der Waals surface area contributed by atoms with Gasteiger partial charge in [-0.05, 0) is 41.5 Å². The summed E-state index contributed by atoms with van der Waals surface area (Å²) >= 11 is 0. The van der Waals surface area contributed by atoms with Gasteiger partial charge in [0.15, 0.2) is 0 Å². The summed E-state index contributed by atoms with van der Waals surface area (Å²) in [6.07, 6.45) is 0.935. The number of alkyl halides is 2. The number of fused-ring (bicyclic) bond motifs is 1. The number of ether oxygens (including phenoxy) is 2. The summed E-state index contributed by atoms with van der Waals surface area (Å²) in [6, 6.07) is 12.6. The van der Waals surface area contributed by atoms with Crippen molar-refractivity contribution >= 4 is 5.69 Å². The molecule has 0 saturated carbocycles. The van der Waals surface area contributed by atoms with E-state index in [1.54, 1.807) is 24.3 Å². The minimum Gasteiger partial charge on any atom is -0.493 e. The van der Waals surface area contributed by atoms with Crippen LogP contribution in [-0.4, -0.2) is 13.2 Å². The first-order valence-corrected chi connectivity index (χ1v) is 6.74. The van der Waals surface area contributed by atoms with Gasteiger partial charge in [-0.3, -0.25) is 0 Å². The van der Waals surface area contributed by atoms with E-state index in [1.807, 2.05) is 12.1 Å². The van der Waals surface area contributed by atoms with E-state index >= 15 is 0 Å². The summed E-state index contributed by atoms with van der Waals surface area (Å²) in [5.41, 5.74) is 3.22. The first-order chi connectivity index (χ1) is 10.2. The van der Waals surface area contributed by atoms with Gasteiger partial charge in [0.05, 0.1) is 6.61 Å². The van der Waals surface area contributed by atoms with E-state index in [0.717, 1.165) is 30.0 Å². The Morgan fingerprint density at radius 2 is 1.95 bits per heavy atom. The first kappa shape index (κ1) is 13.7. The van der Waals surface area contributed by atoms with Crippen molar-refractivity contribution in [2.75, 3.05) is 11.9 Å². The zero-order chi connectivity index (χ0) is 14.7. The standard InChI is InChI=1S/C16H15F2NO2/c17-16(18)21-14-4-1-11(2-5-14)10-19-13-3-6-15-12(9-13)7-8-20-15/h1-6,9,16,19H,7-8,10H2. The molecule has 2 aromatic carbocycles. The van der Waals surface area contributed by atoms with Crippen molar-refractivity contribution in [1.29, 1.82) is 0 Å². The maximum absolute atomic E-state index is 12.1. The molecule has 110 valence electrons. The number of halogens is 2. The zero-order valence-corrected chi connectivity index (χ0v) is 11.3. The molecular weight excluding hydrogens is 276 g/mol. The maximum Gasteiger partial charge on any atom is 0.387 e. The fourth-order valence-electron chi connectivity index (χ4n) is 2.29. The van der Waals surface area contributed by atoms with Crippen molar-refractivity contribution in [3.63, 3.8) is 0 Å². The molecule has 2 aromatic rings. The molecule has 0 spiro atoms. The van der Waals surface area contributed by atoms with Crippen LogP contribution < -0.4 is 14.8 Å². The third kappa shape index (κ3) is 3.42. The van der Waals surface area contributed by atoms with Crippen molar-refractivity contribution in [2.45, 2.75) is 19.6 Å².